The molecule has 0 aromatic carbocycles. The molecular weight excluding hydrogens is 794 g/mol. The van der Waals surface area contributed by atoms with Crippen molar-refractivity contribution in [2.45, 2.75) is 283 Å². The first-order valence-electron chi connectivity index (χ1n) is 27.3. The number of ether oxygens (including phenoxy) is 2. The van der Waals surface area contributed by atoms with Crippen molar-refractivity contribution < 1.29 is 37.3 Å². The Labute approximate surface area is 387 Å². The molecule has 0 aromatic heterocycles. The van der Waals surface area contributed by atoms with E-state index >= 15 is 0 Å². The molecule has 1 N–H and O–H groups in total. The van der Waals surface area contributed by atoms with Crippen LogP contribution in [0.25, 0.3) is 0 Å². The number of phosphoric acid groups is 1. The van der Waals surface area contributed by atoms with Crippen molar-refractivity contribution in [3.8, 4) is 0 Å². The average Bonchev–Trinajstić information content (AvgIpc) is 3.23. The standard InChI is InChI=1S/C53H108NO7P/c1-6-8-10-12-14-16-18-20-22-24-26-28-30-32-34-36-38-40-42-44-46-53(55)61-52(51-60-62(56,57)59-49-47-54(3,4)5)50-58-48-45-43-41-39-37-35-33-31-29-27-25-23-21-19-17-15-13-11-9-7-2/h52H,6-51H2,1-5H3/p+1/t52-/m1/s1. The quantitative estimate of drug-likeness (QED) is 0.0281. The lowest BCUT2D eigenvalue weighted by Crippen LogP contribution is -2.37. The van der Waals surface area contributed by atoms with Gasteiger partial charge in [0.2, 0.25) is 0 Å². The summed E-state index contributed by atoms with van der Waals surface area (Å²) in [6, 6.07) is 0. The molecule has 0 fully saturated rings. The lowest BCUT2D eigenvalue weighted by Gasteiger charge is -2.24. The minimum atomic E-state index is -4.27. The summed E-state index contributed by atoms with van der Waals surface area (Å²) in [4.78, 5) is 23.0. The van der Waals surface area contributed by atoms with Gasteiger partial charge in [-0.2, -0.15) is 0 Å². The number of carbonyl (C=O) groups is 1. The van der Waals surface area contributed by atoms with E-state index in [-0.39, 0.29) is 25.8 Å². The fraction of sp³-hybridized carbons (Fsp3) is 0.981. The second-order valence-corrected chi connectivity index (χ2v) is 21.4. The van der Waals surface area contributed by atoms with Crippen molar-refractivity contribution in [2.75, 3.05) is 54.1 Å². The molecule has 0 spiro atoms. The van der Waals surface area contributed by atoms with E-state index in [1.54, 1.807) is 0 Å². The number of hydrogen-bond donors (Lipinski definition) is 1. The van der Waals surface area contributed by atoms with Gasteiger partial charge in [0.1, 0.15) is 19.3 Å². The van der Waals surface area contributed by atoms with Gasteiger partial charge >= 0.3 is 13.8 Å². The van der Waals surface area contributed by atoms with Gasteiger partial charge in [-0.15, -0.1) is 0 Å². The third-order valence-corrected chi connectivity index (χ3v) is 13.4. The highest BCUT2D eigenvalue weighted by Crippen LogP contribution is 2.43. The molecule has 2 atom stereocenters. The van der Waals surface area contributed by atoms with Gasteiger partial charge in [0.25, 0.3) is 0 Å². The summed E-state index contributed by atoms with van der Waals surface area (Å²) in [7, 11) is 1.69. The average molecular weight is 903 g/mol. The molecule has 0 amide bonds. The summed E-state index contributed by atoms with van der Waals surface area (Å²) in [5, 5.41) is 0. The smallest absolute Gasteiger partial charge is 0.457 e. The number of quaternary nitrogens is 1. The molecule has 0 aromatic rings. The van der Waals surface area contributed by atoms with Crippen molar-refractivity contribution in [3.63, 3.8) is 0 Å². The van der Waals surface area contributed by atoms with Crippen LogP contribution in [-0.4, -0.2) is 75.6 Å². The van der Waals surface area contributed by atoms with E-state index in [2.05, 4.69) is 13.8 Å². The van der Waals surface area contributed by atoms with E-state index in [0.717, 1.165) is 32.1 Å². The number of phosphoric ester groups is 1. The van der Waals surface area contributed by atoms with Crippen molar-refractivity contribution in [2.24, 2.45) is 0 Å². The lowest BCUT2D eigenvalue weighted by molar-refractivity contribution is -0.870. The number of likely N-dealkylation sites (N-methyl/N-ethyl adjacent to an activating group) is 1. The monoisotopic (exact) mass is 903 g/mol. The maximum atomic E-state index is 12.8. The van der Waals surface area contributed by atoms with Crippen LogP contribution < -0.4 is 0 Å². The minimum absolute atomic E-state index is 0.0944. The van der Waals surface area contributed by atoms with Gasteiger partial charge in [0, 0.05) is 13.0 Å². The van der Waals surface area contributed by atoms with E-state index in [1.807, 2.05) is 21.1 Å². The highest BCUT2D eigenvalue weighted by atomic mass is 31.2. The highest BCUT2D eigenvalue weighted by molar-refractivity contribution is 7.47. The third-order valence-electron chi connectivity index (χ3n) is 12.4. The number of unbranched alkanes of at least 4 members (excludes halogenated alkanes) is 38. The summed E-state index contributed by atoms with van der Waals surface area (Å²) < 4.78 is 35.2. The van der Waals surface area contributed by atoms with Gasteiger partial charge < -0.3 is 18.9 Å². The van der Waals surface area contributed by atoms with Crippen LogP contribution in [-0.2, 0) is 27.9 Å². The highest BCUT2D eigenvalue weighted by Gasteiger charge is 2.26. The Balaban J connectivity index is 4.05. The molecule has 0 bridgehead atoms. The summed E-state index contributed by atoms with van der Waals surface area (Å²) >= 11 is 0. The van der Waals surface area contributed by atoms with Crippen molar-refractivity contribution in [3.05, 3.63) is 0 Å². The Bertz CT molecular complexity index is 961. The predicted octanol–water partition coefficient (Wildman–Crippen LogP) is 16.8. The zero-order valence-corrected chi connectivity index (χ0v) is 43.3. The Morgan fingerprint density at radius 2 is 0.742 bits per heavy atom. The van der Waals surface area contributed by atoms with E-state index in [4.69, 9.17) is 18.5 Å². The van der Waals surface area contributed by atoms with Gasteiger partial charge in [0.05, 0.1) is 34.4 Å². The van der Waals surface area contributed by atoms with E-state index in [0.29, 0.717) is 24.1 Å². The molecule has 8 nitrogen and oxygen atoms in total. The van der Waals surface area contributed by atoms with Crippen LogP contribution in [0.5, 0.6) is 0 Å². The number of esters is 1. The Morgan fingerprint density at radius 1 is 0.435 bits per heavy atom. The van der Waals surface area contributed by atoms with E-state index in [1.165, 1.54) is 225 Å². The first kappa shape index (κ1) is 61.5. The van der Waals surface area contributed by atoms with Gasteiger partial charge in [-0.05, 0) is 12.8 Å². The zero-order chi connectivity index (χ0) is 45.5. The van der Waals surface area contributed by atoms with E-state index in [9.17, 15) is 14.3 Å². The minimum Gasteiger partial charge on any atom is -0.457 e. The molecule has 0 radical (unpaired) electrons. The zero-order valence-electron chi connectivity index (χ0n) is 42.4. The van der Waals surface area contributed by atoms with Crippen LogP contribution >= 0.6 is 7.82 Å². The maximum Gasteiger partial charge on any atom is 0.472 e. The molecule has 1 unspecified atom stereocenters. The molecule has 0 rings (SSSR count). The molecular formula is C53H109NO7P+. The van der Waals surface area contributed by atoms with Gasteiger partial charge in [-0.25, -0.2) is 4.57 Å². The van der Waals surface area contributed by atoms with E-state index < -0.39 is 13.9 Å². The Kier molecular flexibility index (Phi) is 46.6. The summed E-state index contributed by atoms with van der Waals surface area (Å²) in [5.74, 6) is -0.304. The summed E-state index contributed by atoms with van der Waals surface area (Å²) in [5.41, 5.74) is 0. The summed E-state index contributed by atoms with van der Waals surface area (Å²) in [6.07, 6.45) is 52.9. The predicted molar refractivity (Wildman–Crippen MR) is 266 cm³/mol. The fourth-order valence-corrected chi connectivity index (χ4v) is 8.95. The Morgan fingerprint density at radius 3 is 1.06 bits per heavy atom. The number of carbonyl (C=O) groups excluding carboxylic acids is 1. The van der Waals surface area contributed by atoms with Crippen LogP contribution in [0.15, 0.2) is 0 Å². The topological polar surface area (TPSA) is 91.3 Å². The SMILES string of the molecule is CCCCCCCCCCCCCCCCCCCCCCOC[C@H](COP(=O)(O)OCC[N+](C)(C)C)OC(=O)CCCCCCCCCCCCCCCCCCCCCC. The van der Waals surface area contributed by atoms with Gasteiger partial charge in [-0.3, -0.25) is 13.8 Å². The fourth-order valence-electron chi connectivity index (χ4n) is 8.20. The molecule has 0 aliphatic rings. The second kappa shape index (κ2) is 47.0. The molecule has 0 aliphatic heterocycles. The molecule has 0 heterocycles. The van der Waals surface area contributed by atoms with Gasteiger partial charge in [0.15, 0.2) is 0 Å². The molecule has 0 saturated heterocycles. The Hall–Kier alpha value is -0.500. The second-order valence-electron chi connectivity index (χ2n) is 20.0. The number of hydrogen-bond acceptors (Lipinski definition) is 6. The van der Waals surface area contributed by atoms with Crippen LogP contribution in [0.4, 0.5) is 0 Å². The molecule has 372 valence electrons. The first-order valence-corrected chi connectivity index (χ1v) is 28.8. The normalized spacial score (nSPS) is 13.5. The van der Waals surface area contributed by atoms with Crippen molar-refractivity contribution in [1.29, 1.82) is 0 Å². The number of nitrogens with zero attached hydrogens (tertiary/aromatic N) is 1. The van der Waals surface area contributed by atoms with Gasteiger partial charge in [-0.1, -0.05) is 258 Å². The molecule has 0 saturated carbocycles. The van der Waals surface area contributed by atoms with Crippen molar-refractivity contribution >= 4 is 13.8 Å². The summed E-state index contributed by atoms with van der Waals surface area (Å²) in [6.45, 7) is 5.71. The third kappa shape index (κ3) is 50.5. The lowest BCUT2D eigenvalue weighted by atomic mass is 10.0. The van der Waals surface area contributed by atoms with Crippen molar-refractivity contribution in [1.82, 2.24) is 0 Å². The van der Waals surface area contributed by atoms with Crippen LogP contribution in [0.2, 0.25) is 0 Å². The first-order chi connectivity index (χ1) is 30.1. The molecule has 62 heavy (non-hydrogen) atoms. The van der Waals surface area contributed by atoms with Crippen LogP contribution in [0.1, 0.15) is 277 Å². The maximum absolute atomic E-state index is 12.8. The number of rotatable bonds is 52. The molecule has 9 heteroatoms. The largest absolute Gasteiger partial charge is 0.472 e. The van der Waals surface area contributed by atoms with Crippen LogP contribution in [0, 0.1) is 0 Å². The molecule has 0 aliphatic carbocycles. The van der Waals surface area contributed by atoms with Crippen LogP contribution in [0.3, 0.4) is 0 Å².